The molecule has 0 spiro atoms. The van der Waals surface area contributed by atoms with E-state index in [9.17, 15) is 9.18 Å². The van der Waals surface area contributed by atoms with Crippen LogP contribution < -0.4 is 5.32 Å². The standard InChI is InChI=1S/C28H24FN5OS/c1-3-34-26(32-33-28(34)36-18(2)27(35)31-24-16-10-8-14-22(24)29)21-17-25(19-11-5-4-6-12-19)30-23-15-9-7-13-20(21)23/h4-18H,3H2,1-2H3,(H,31,35). The van der Waals surface area contributed by atoms with Crippen LogP contribution in [-0.4, -0.2) is 30.9 Å². The zero-order valence-corrected chi connectivity index (χ0v) is 20.7. The van der Waals surface area contributed by atoms with Crippen molar-refractivity contribution in [3.63, 3.8) is 0 Å². The van der Waals surface area contributed by atoms with Gasteiger partial charge >= 0.3 is 0 Å². The van der Waals surface area contributed by atoms with Gasteiger partial charge in [0.1, 0.15) is 5.82 Å². The van der Waals surface area contributed by atoms with Crippen LogP contribution in [0.15, 0.2) is 90.1 Å². The number of halogens is 1. The molecule has 180 valence electrons. The fourth-order valence-corrected chi connectivity index (χ4v) is 4.90. The van der Waals surface area contributed by atoms with Gasteiger partial charge in [-0.3, -0.25) is 4.79 Å². The highest BCUT2D eigenvalue weighted by Crippen LogP contribution is 2.34. The van der Waals surface area contributed by atoms with E-state index in [-0.39, 0.29) is 11.6 Å². The zero-order chi connectivity index (χ0) is 25.1. The molecule has 1 atom stereocenters. The number of fused-ring (bicyclic) bond motifs is 1. The van der Waals surface area contributed by atoms with Crippen LogP contribution in [0.3, 0.4) is 0 Å². The molecule has 0 aliphatic carbocycles. The second kappa shape index (κ2) is 10.3. The Morgan fingerprint density at radius 2 is 1.72 bits per heavy atom. The number of amides is 1. The molecule has 2 heterocycles. The molecule has 3 aromatic carbocycles. The fraction of sp³-hybridized carbons (Fsp3) is 0.143. The number of benzene rings is 3. The maximum absolute atomic E-state index is 14.0. The van der Waals surface area contributed by atoms with Gasteiger partial charge in [0.15, 0.2) is 11.0 Å². The maximum atomic E-state index is 14.0. The van der Waals surface area contributed by atoms with Crippen molar-refractivity contribution in [2.45, 2.75) is 30.8 Å². The van der Waals surface area contributed by atoms with Crippen LogP contribution in [0.5, 0.6) is 0 Å². The number of nitrogens with one attached hydrogen (secondary N) is 1. The smallest absolute Gasteiger partial charge is 0.237 e. The Kier molecular flexibility index (Phi) is 6.77. The highest BCUT2D eigenvalue weighted by atomic mass is 32.2. The molecule has 36 heavy (non-hydrogen) atoms. The molecule has 0 saturated carbocycles. The van der Waals surface area contributed by atoms with Crippen LogP contribution in [0.4, 0.5) is 10.1 Å². The van der Waals surface area contributed by atoms with E-state index >= 15 is 0 Å². The number of carbonyl (C=O) groups is 1. The average Bonchev–Trinajstić information content (AvgIpc) is 3.31. The van der Waals surface area contributed by atoms with Crippen molar-refractivity contribution < 1.29 is 9.18 Å². The normalized spacial score (nSPS) is 12.0. The number of aromatic nitrogens is 4. The fourth-order valence-electron chi connectivity index (χ4n) is 3.99. The second-order valence-electron chi connectivity index (χ2n) is 8.22. The molecule has 0 aliphatic heterocycles. The number of pyridine rings is 1. The summed E-state index contributed by atoms with van der Waals surface area (Å²) in [5, 5.41) is 12.7. The van der Waals surface area contributed by atoms with Crippen molar-refractivity contribution in [1.82, 2.24) is 19.7 Å². The third-order valence-electron chi connectivity index (χ3n) is 5.84. The lowest BCUT2D eigenvalue weighted by Gasteiger charge is -2.14. The highest BCUT2D eigenvalue weighted by molar-refractivity contribution is 8.00. The summed E-state index contributed by atoms with van der Waals surface area (Å²) in [6, 6.07) is 26.1. The first kappa shape index (κ1) is 23.7. The molecule has 0 saturated heterocycles. The largest absolute Gasteiger partial charge is 0.323 e. The Morgan fingerprint density at radius 3 is 2.50 bits per heavy atom. The Labute approximate surface area is 212 Å². The van der Waals surface area contributed by atoms with Crippen molar-refractivity contribution in [3.05, 3.63) is 90.7 Å². The molecule has 0 bridgehead atoms. The minimum absolute atomic E-state index is 0.157. The van der Waals surface area contributed by atoms with Crippen LogP contribution >= 0.6 is 11.8 Å². The van der Waals surface area contributed by atoms with E-state index in [1.807, 2.05) is 72.2 Å². The molecule has 1 N–H and O–H groups in total. The molecule has 6 nitrogen and oxygen atoms in total. The van der Waals surface area contributed by atoms with Crippen molar-refractivity contribution in [1.29, 1.82) is 0 Å². The van der Waals surface area contributed by atoms with E-state index in [1.54, 1.807) is 19.1 Å². The molecule has 5 aromatic rings. The number of hydrogen-bond donors (Lipinski definition) is 1. The second-order valence-corrected chi connectivity index (χ2v) is 9.53. The summed E-state index contributed by atoms with van der Waals surface area (Å²) >= 11 is 1.29. The van der Waals surface area contributed by atoms with E-state index < -0.39 is 11.1 Å². The van der Waals surface area contributed by atoms with Crippen LogP contribution in [0.2, 0.25) is 0 Å². The monoisotopic (exact) mass is 497 g/mol. The van der Waals surface area contributed by atoms with Gasteiger partial charge in [-0.2, -0.15) is 0 Å². The number of nitrogens with zero attached hydrogens (tertiary/aromatic N) is 4. The third kappa shape index (κ3) is 4.72. The van der Waals surface area contributed by atoms with Gasteiger partial charge in [-0.25, -0.2) is 9.37 Å². The molecule has 0 aliphatic rings. The van der Waals surface area contributed by atoms with Gasteiger partial charge in [-0.1, -0.05) is 72.4 Å². The maximum Gasteiger partial charge on any atom is 0.237 e. The predicted molar refractivity (Wildman–Crippen MR) is 142 cm³/mol. The third-order valence-corrected chi connectivity index (χ3v) is 6.92. The summed E-state index contributed by atoms with van der Waals surface area (Å²) in [5.41, 5.74) is 3.81. The van der Waals surface area contributed by atoms with Crippen molar-refractivity contribution in [2.75, 3.05) is 5.32 Å². The molecular formula is C28H24FN5OS. The molecule has 1 amide bonds. The Balaban J connectivity index is 1.49. The van der Waals surface area contributed by atoms with Gasteiger partial charge in [0.05, 0.1) is 22.1 Å². The SMILES string of the molecule is CCn1c(SC(C)C(=O)Nc2ccccc2F)nnc1-c1cc(-c2ccccc2)nc2ccccc12. The summed E-state index contributed by atoms with van der Waals surface area (Å²) in [6.07, 6.45) is 0. The van der Waals surface area contributed by atoms with Gasteiger partial charge in [-0.05, 0) is 38.1 Å². The number of carbonyl (C=O) groups excluding carboxylic acids is 1. The lowest BCUT2D eigenvalue weighted by Crippen LogP contribution is -2.23. The summed E-state index contributed by atoms with van der Waals surface area (Å²) in [5.74, 6) is -0.0728. The number of thioether (sulfide) groups is 1. The number of rotatable bonds is 7. The lowest BCUT2D eigenvalue weighted by atomic mass is 10.0. The van der Waals surface area contributed by atoms with Gasteiger partial charge in [0, 0.05) is 23.1 Å². The summed E-state index contributed by atoms with van der Waals surface area (Å²) < 4.78 is 16.0. The van der Waals surface area contributed by atoms with Crippen LogP contribution in [0.25, 0.3) is 33.5 Å². The number of hydrogen-bond acceptors (Lipinski definition) is 5. The summed E-state index contributed by atoms with van der Waals surface area (Å²) in [4.78, 5) is 17.6. The van der Waals surface area contributed by atoms with E-state index in [0.717, 1.165) is 27.7 Å². The van der Waals surface area contributed by atoms with Crippen LogP contribution in [0.1, 0.15) is 13.8 Å². The number of anilines is 1. The Bertz CT molecular complexity index is 1540. The van der Waals surface area contributed by atoms with Crippen LogP contribution in [0, 0.1) is 5.82 Å². The van der Waals surface area contributed by atoms with Crippen molar-refractivity contribution in [2.24, 2.45) is 0 Å². The van der Waals surface area contributed by atoms with Crippen LogP contribution in [-0.2, 0) is 11.3 Å². The van der Waals surface area contributed by atoms with Gasteiger partial charge in [-0.15, -0.1) is 10.2 Å². The van der Waals surface area contributed by atoms with E-state index in [1.165, 1.54) is 23.9 Å². The van der Waals surface area contributed by atoms with Crippen molar-refractivity contribution in [3.8, 4) is 22.6 Å². The Morgan fingerprint density at radius 1 is 1.00 bits per heavy atom. The molecule has 0 fully saturated rings. The minimum Gasteiger partial charge on any atom is -0.323 e. The zero-order valence-electron chi connectivity index (χ0n) is 19.9. The topological polar surface area (TPSA) is 72.7 Å². The molecular weight excluding hydrogens is 473 g/mol. The first-order chi connectivity index (χ1) is 17.5. The van der Waals surface area contributed by atoms with Gasteiger partial charge in [0.2, 0.25) is 5.91 Å². The summed E-state index contributed by atoms with van der Waals surface area (Å²) in [7, 11) is 0. The molecule has 2 aromatic heterocycles. The average molecular weight is 498 g/mol. The minimum atomic E-state index is -0.513. The highest BCUT2D eigenvalue weighted by Gasteiger charge is 2.22. The first-order valence-corrected chi connectivity index (χ1v) is 12.5. The quantitative estimate of drug-likeness (QED) is 0.262. The summed E-state index contributed by atoms with van der Waals surface area (Å²) in [6.45, 7) is 4.40. The molecule has 0 radical (unpaired) electrons. The molecule has 1 unspecified atom stereocenters. The van der Waals surface area contributed by atoms with Gasteiger partial charge < -0.3 is 9.88 Å². The first-order valence-electron chi connectivity index (χ1n) is 11.7. The lowest BCUT2D eigenvalue weighted by molar-refractivity contribution is -0.115. The van der Waals surface area contributed by atoms with E-state index in [2.05, 4.69) is 15.5 Å². The van der Waals surface area contributed by atoms with E-state index in [4.69, 9.17) is 4.98 Å². The molecule has 5 rings (SSSR count). The van der Waals surface area contributed by atoms with Gasteiger partial charge in [0.25, 0.3) is 0 Å². The Hall–Kier alpha value is -4.04. The van der Waals surface area contributed by atoms with E-state index in [0.29, 0.717) is 17.5 Å². The van der Waals surface area contributed by atoms with Crippen molar-refractivity contribution >= 4 is 34.3 Å². The molecule has 8 heteroatoms. The number of para-hydroxylation sites is 2. The predicted octanol–water partition coefficient (Wildman–Crippen LogP) is 6.44.